The molecule has 0 spiro atoms. The van der Waals surface area contributed by atoms with Crippen molar-refractivity contribution >= 4 is 19.9 Å². The summed E-state index contributed by atoms with van der Waals surface area (Å²) >= 11 is 0. The van der Waals surface area contributed by atoms with Crippen LogP contribution in [0.3, 0.4) is 0 Å². The second-order valence-corrected chi connectivity index (χ2v) is 10.6. The molecule has 0 amide bonds. The maximum atomic E-state index is 12.9. The van der Waals surface area contributed by atoms with Crippen LogP contribution in [-0.4, -0.2) is 39.5 Å². The van der Waals surface area contributed by atoms with Crippen molar-refractivity contribution in [3.63, 3.8) is 0 Å². The van der Waals surface area contributed by atoms with E-state index in [1.165, 1.54) is 6.07 Å². The van der Waals surface area contributed by atoms with Gasteiger partial charge < -0.3 is 0 Å². The van der Waals surface area contributed by atoms with E-state index in [1.54, 1.807) is 0 Å². The van der Waals surface area contributed by atoms with E-state index in [9.17, 15) is 34.4 Å². The zero-order valence-corrected chi connectivity index (χ0v) is 15.9. The average Bonchev–Trinajstić information content (AvgIpc) is 2.52. The summed E-state index contributed by atoms with van der Waals surface area (Å²) in [5.74, 6) is -1.27. The predicted octanol–water partition coefficient (Wildman–Crippen LogP) is 2.83. The summed E-state index contributed by atoms with van der Waals surface area (Å²) in [5, 5.41) is -0.991. The lowest BCUT2D eigenvalue weighted by Crippen LogP contribution is -2.56. The molecule has 0 aromatic heterocycles. The Labute approximate surface area is 159 Å². The van der Waals surface area contributed by atoms with Gasteiger partial charge in [0.15, 0.2) is 9.84 Å². The molecule has 0 aliphatic carbocycles. The highest BCUT2D eigenvalue weighted by Gasteiger charge is 2.43. The Hall–Kier alpha value is -1.98. The molecular formula is C17H15F4NO4S2. The van der Waals surface area contributed by atoms with Gasteiger partial charge in [-0.25, -0.2) is 21.2 Å². The Kier molecular flexibility index (Phi) is 5.28. The summed E-state index contributed by atoms with van der Waals surface area (Å²) in [6.07, 6.45) is -4.59. The molecule has 1 aliphatic rings. The van der Waals surface area contributed by atoms with Crippen LogP contribution in [0, 0.1) is 5.82 Å². The van der Waals surface area contributed by atoms with Crippen molar-refractivity contribution in [2.45, 2.75) is 22.1 Å². The highest BCUT2D eigenvalue weighted by Crippen LogP contribution is 2.31. The minimum atomic E-state index is -4.59. The molecule has 0 atom stereocenters. The molecule has 0 saturated carbocycles. The van der Waals surface area contributed by atoms with Gasteiger partial charge in [0.25, 0.3) is 0 Å². The lowest BCUT2D eigenvalue weighted by molar-refractivity contribution is -0.137. The fourth-order valence-corrected chi connectivity index (χ4v) is 6.22. The monoisotopic (exact) mass is 437 g/mol. The number of sulfonamides is 1. The quantitative estimate of drug-likeness (QED) is 0.533. The van der Waals surface area contributed by atoms with Crippen molar-refractivity contribution in [1.29, 1.82) is 0 Å². The predicted molar refractivity (Wildman–Crippen MR) is 93.0 cm³/mol. The number of rotatable bonds is 5. The number of sulfone groups is 1. The second kappa shape index (κ2) is 7.12. The Morgan fingerprint density at radius 3 is 2.14 bits per heavy atom. The van der Waals surface area contributed by atoms with Crippen molar-refractivity contribution in [1.82, 2.24) is 4.31 Å². The van der Waals surface area contributed by atoms with Gasteiger partial charge in [-0.3, -0.25) is 0 Å². The van der Waals surface area contributed by atoms with E-state index in [0.29, 0.717) is 0 Å². The van der Waals surface area contributed by atoms with Gasteiger partial charge in [0.2, 0.25) is 10.0 Å². The third-order valence-electron chi connectivity index (χ3n) is 4.39. The van der Waals surface area contributed by atoms with E-state index in [4.69, 9.17) is 0 Å². The summed E-state index contributed by atoms with van der Waals surface area (Å²) in [6.45, 7) is -0.609. The van der Waals surface area contributed by atoms with Crippen molar-refractivity contribution in [3.05, 3.63) is 65.5 Å². The Balaban J connectivity index is 1.70. The number of nitrogens with zero attached hydrogens (tertiary/aromatic N) is 1. The normalized spacial score (nSPS) is 16.7. The number of hydrogen-bond acceptors (Lipinski definition) is 4. The van der Waals surface area contributed by atoms with Gasteiger partial charge in [-0.15, -0.1) is 0 Å². The van der Waals surface area contributed by atoms with E-state index in [2.05, 4.69) is 0 Å². The summed E-state index contributed by atoms with van der Waals surface area (Å²) < 4.78 is 102. The second-order valence-electron chi connectivity index (χ2n) is 6.39. The first-order chi connectivity index (χ1) is 12.9. The van der Waals surface area contributed by atoms with Crippen LogP contribution in [0.15, 0.2) is 53.4 Å². The number of benzene rings is 2. The van der Waals surface area contributed by atoms with Gasteiger partial charge in [0.1, 0.15) is 5.82 Å². The van der Waals surface area contributed by atoms with Crippen LogP contribution >= 0.6 is 0 Å². The molecule has 3 rings (SSSR count). The molecule has 1 saturated heterocycles. The molecular weight excluding hydrogens is 422 g/mol. The Bertz CT molecular complexity index is 1070. The first-order valence-electron chi connectivity index (χ1n) is 8.03. The smallest absolute Gasteiger partial charge is 0.223 e. The maximum absolute atomic E-state index is 12.9. The third kappa shape index (κ3) is 4.20. The molecule has 2 aromatic rings. The summed E-state index contributed by atoms with van der Waals surface area (Å²) in [7, 11) is -7.81. The molecule has 0 N–H and O–H groups in total. The van der Waals surface area contributed by atoms with Crippen molar-refractivity contribution in [2.75, 3.05) is 13.1 Å². The van der Waals surface area contributed by atoms with Gasteiger partial charge in [0.05, 0.1) is 21.5 Å². The number of hydrogen-bond donors (Lipinski definition) is 0. The van der Waals surface area contributed by atoms with E-state index in [0.717, 1.165) is 46.8 Å². The van der Waals surface area contributed by atoms with Gasteiger partial charge >= 0.3 is 6.18 Å². The van der Waals surface area contributed by atoms with E-state index >= 15 is 0 Å². The average molecular weight is 437 g/mol. The highest BCUT2D eigenvalue weighted by atomic mass is 32.2. The van der Waals surface area contributed by atoms with Crippen molar-refractivity contribution < 1.29 is 34.4 Å². The van der Waals surface area contributed by atoms with Crippen LogP contribution in [0.4, 0.5) is 17.6 Å². The SMILES string of the molecule is O=S(=O)(c1ccc(F)cc1)C1CN(S(=O)(=O)Cc2cccc(C(F)(F)F)c2)C1. The molecule has 0 bridgehead atoms. The highest BCUT2D eigenvalue weighted by molar-refractivity contribution is 7.92. The number of alkyl halides is 3. The van der Waals surface area contributed by atoms with Gasteiger partial charge in [0, 0.05) is 13.1 Å². The molecule has 1 heterocycles. The first-order valence-corrected chi connectivity index (χ1v) is 11.2. The lowest BCUT2D eigenvalue weighted by Gasteiger charge is -2.37. The minimum absolute atomic E-state index is 0.0420. The maximum Gasteiger partial charge on any atom is 0.416 e. The molecule has 1 fully saturated rings. The van der Waals surface area contributed by atoms with Crippen LogP contribution in [0.5, 0.6) is 0 Å². The Morgan fingerprint density at radius 1 is 0.964 bits per heavy atom. The zero-order valence-electron chi connectivity index (χ0n) is 14.2. The summed E-state index contributed by atoms with van der Waals surface area (Å²) in [4.78, 5) is -0.117. The van der Waals surface area contributed by atoms with Gasteiger partial charge in [-0.2, -0.15) is 17.5 Å². The molecule has 0 radical (unpaired) electrons. The summed E-state index contributed by atoms with van der Waals surface area (Å²) in [5.41, 5.74) is -1.000. The van der Waals surface area contributed by atoms with Crippen LogP contribution in [0.1, 0.15) is 11.1 Å². The standard InChI is InChI=1S/C17H15F4NO4S2/c18-14-4-6-15(7-5-14)28(25,26)16-9-22(10-16)27(23,24)11-12-2-1-3-13(8-12)17(19,20)21/h1-8,16H,9-11H2. The molecule has 11 heteroatoms. The Morgan fingerprint density at radius 2 is 1.57 bits per heavy atom. The molecule has 152 valence electrons. The fraction of sp³-hybridized carbons (Fsp3) is 0.294. The van der Waals surface area contributed by atoms with Gasteiger partial charge in [-0.05, 0) is 35.9 Å². The van der Waals surface area contributed by atoms with Crippen molar-refractivity contribution in [3.8, 4) is 0 Å². The van der Waals surface area contributed by atoms with Crippen LogP contribution in [0.2, 0.25) is 0 Å². The van der Waals surface area contributed by atoms with Crippen LogP contribution in [-0.2, 0) is 31.8 Å². The van der Waals surface area contributed by atoms with Crippen LogP contribution < -0.4 is 0 Å². The molecule has 1 aliphatic heterocycles. The topological polar surface area (TPSA) is 71.5 Å². The van der Waals surface area contributed by atoms with E-state index in [1.807, 2.05) is 0 Å². The van der Waals surface area contributed by atoms with E-state index < -0.39 is 48.4 Å². The largest absolute Gasteiger partial charge is 0.416 e. The first kappa shape index (κ1) is 20.7. The fourth-order valence-electron chi connectivity index (χ4n) is 2.78. The van der Waals surface area contributed by atoms with E-state index in [-0.39, 0.29) is 23.5 Å². The summed E-state index contributed by atoms with van der Waals surface area (Å²) in [6, 6.07) is 8.16. The molecule has 5 nitrogen and oxygen atoms in total. The lowest BCUT2D eigenvalue weighted by atomic mass is 10.1. The molecule has 28 heavy (non-hydrogen) atoms. The molecule has 2 aromatic carbocycles. The van der Waals surface area contributed by atoms with Crippen LogP contribution in [0.25, 0.3) is 0 Å². The third-order valence-corrected chi connectivity index (χ3v) is 8.28. The van der Waals surface area contributed by atoms with Crippen molar-refractivity contribution in [2.24, 2.45) is 0 Å². The molecule has 0 unspecified atom stereocenters. The zero-order chi connectivity index (χ0) is 20.7. The minimum Gasteiger partial charge on any atom is -0.223 e. The number of halogens is 4. The van der Waals surface area contributed by atoms with Gasteiger partial charge in [-0.1, -0.05) is 18.2 Å².